The highest BCUT2D eigenvalue weighted by Crippen LogP contribution is 2.21. The van der Waals surface area contributed by atoms with Gasteiger partial charge in [-0.25, -0.2) is 5.10 Å². The Balaban J connectivity index is 1.92. The van der Waals surface area contributed by atoms with Gasteiger partial charge in [0.2, 0.25) is 5.95 Å². The Kier molecular flexibility index (Phi) is 2.86. The van der Waals surface area contributed by atoms with E-state index in [1.807, 2.05) is 35.9 Å². The van der Waals surface area contributed by atoms with Gasteiger partial charge in [-0.3, -0.25) is 10.1 Å². The second-order valence-corrected chi connectivity index (χ2v) is 4.30. The lowest BCUT2D eigenvalue weighted by Crippen LogP contribution is -2.12. The number of amides is 1. The van der Waals surface area contributed by atoms with Crippen LogP contribution >= 0.6 is 0 Å². The summed E-state index contributed by atoms with van der Waals surface area (Å²) in [4.78, 5) is 16.2. The summed E-state index contributed by atoms with van der Waals surface area (Å²) in [6.45, 7) is 0. The van der Waals surface area contributed by atoms with Gasteiger partial charge in [0.25, 0.3) is 5.91 Å². The van der Waals surface area contributed by atoms with Crippen molar-refractivity contribution in [2.75, 3.05) is 12.4 Å². The van der Waals surface area contributed by atoms with Gasteiger partial charge in [0.15, 0.2) is 0 Å². The van der Waals surface area contributed by atoms with Crippen LogP contribution in [0.5, 0.6) is 6.01 Å². The lowest BCUT2D eigenvalue weighted by molar-refractivity contribution is 0.102. The first-order chi connectivity index (χ1) is 9.69. The van der Waals surface area contributed by atoms with E-state index < -0.39 is 0 Å². The molecule has 20 heavy (non-hydrogen) atoms. The molecule has 0 saturated carbocycles. The standard InChI is InChI=1S/C13H13N5O2/c1-18-7-9(8-5-3-4-6-10(8)18)11(19)14-12-15-13(20-2)17-16-12/h3-7H,1-2H3,(H2,14,15,16,17,19). The third kappa shape index (κ3) is 1.99. The second-order valence-electron chi connectivity index (χ2n) is 4.30. The maximum Gasteiger partial charge on any atom is 0.336 e. The predicted molar refractivity (Wildman–Crippen MR) is 73.8 cm³/mol. The largest absolute Gasteiger partial charge is 0.466 e. The molecule has 0 radical (unpaired) electrons. The molecule has 2 N–H and O–H groups in total. The number of rotatable bonds is 3. The normalized spacial score (nSPS) is 10.7. The summed E-state index contributed by atoms with van der Waals surface area (Å²) < 4.78 is 6.76. The fourth-order valence-electron chi connectivity index (χ4n) is 2.09. The van der Waals surface area contributed by atoms with Crippen molar-refractivity contribution in [1.82, 2.24) is 19.7 Å². The van der Waals surface area contributed by atoms with Crippen LogP contribution < -0.4 is 10.1 Å². The molecule has 0 spiro atoms. The quantitative estimate of drug-likeness (QED) is 0.757. The van der Waals surface area contributed by atoms with E-state index in [0.717, 1.165) is 10.9 Å². The van der Waals surface area contributed by atoms with E-state index in [9.17, 15) is 4.79 Å². The molecule has 0 atom stereocenters. The molecular formula is C13H13N5O2. The molecule has 2 heterocycles. The number of carbonyl (C=O) groups excluding carboxylic acids is 1. The number of H-pyrrole nitrogens is 1. The molecule has 7 heteroatoms. The first kappa shape index (κ1) is 12.2. The number of nitrogens with one attached hydrogen (secondary N) is 2. The van der Waals surface area contributed by atoms with Gasteiger partial charge in [-0.05, 0) is 6.07 Å². The number of nitrogens with zero attached hydrogens (tertiary/aromatic N) is 3. The number of hydrogen-bond acceptors (Lipinski definition) is 4. The van der Waals surface area contributed by atoms with Gasteiger partial charge < -0.3 is 9.30 Å². The number of benzene rings is 1. The molecule has 0 saturated heterocycles. The number of methoxy groups -OCH3 is 1. The van der Waals surface area contributed by atoms with Crippen LogP contribution in [-0.2, 0) is 7.05 Å². The molecule has 0 aliphatic carbocycles. The van der Waals surface area contributed by atoms with Crippen molar-refractivity contribution in [2.24, 2.45) is 7.05 Å². The van der Waals surface area contributed by atoms with Crippen LogP contribution in [0.15, 0.2) is 30.5 Å². The van der Waals surface area contributed by atoms with Crippen LogP contribution in [0.25, 0.3) is 10.9 Å². The summed E-state index contributed by atoms with van der Waals surface area (Å²) in [5, 5.41) is 9.90. The van der Waals surface area contributed by atoms with Crippen molar-refractivity contribution in [3.8, 4) is 6.01 Å². The Labute approximate surface area is 114 Å². The van der Waals surface area contributed by atoms with Gasteiger partial charge in [0.1, 0.15) is 0 Å². The van der Waals surface area contributed by atoms with Gasteiger partial charge >= 0.3 is 6.01 Å². The molecule has 0 bridgehead atoms. The smallest absolute Gasteiger partial charge is 0.336 e. The Morgan fingerprint density at radius 2 is 2.20 bits per heavy atom. The molecule has 1 aromatic carbocycles. The minimum atomic E-state index is -0.249. The highest BCUT2D eigenvalue weighted by atomic mass is 16.5. The molecule has 0 unspecified atom stereocenters. The lowest BCUT2D eigenvalue weighted by atomic mass is 10.1. The molecule has 3 aromatic rings. The van der Waals surface area contributed by atoms with E-state index in [0.29, 0.717) is 5.56 Å². The molecule has 1 amide bonds. The summed E-state index contributed by atoms with van der Waals surface area (Å²) in [5.74, 6) is 0.000359. The number of ether oxygens (including phenoxy) is 1. The molecule has 7 nitrogen and oxygen atoms in total. The van der Waals surface area contributed by atoms with Gasteiger partial charge in [0, 0.05) is 24.1 Å². The van der Waals surface area contributed by atoms with Crippen LogP contribution in [0.4, 0.5) is 5.95 Å². The summed E-state index contributed by atoms with van der Waals surface area (Å²) in [6, 6.07) is 7.88. The highest BCUT2D eigenvalue weighted by Gasteiger charge is 2.15. The monoisotopic (exact) mass is 271 g/mol. The van der Waals surface area contributed by atoms with Gasteiger partial charge in [-0.1, -0.05) is 18.2 Å². The minimum Gasteiger partial charge on any atom is -0.466 e. The minimum absolute atomic E-state index is 0.179. The van der Waals surface area contributed by atoms with Crippen molar-refractivity contribution in [1.29, 1.82) is 0 Å². The Hall–Kier alpha value is -2.83. The summed E-state index contributed by atoms with van der Waals surface area (Å²) in [7, 11) is 3.36. The van der Waals surface area contributed by atoms with Crippen molar-refractivity contribution in [3.05, 3.63) is 36.0 Å². The summed E-state index contributed by atoms with van der Waals surface area (Å²) >= 11 is 0. The van der Waals surface area contributed by atoms with E-state index in [-0.39, 0.29) is 17.9 Å². The number of hydrogen-bond donors (Lipinski definition) is 2. The Morgan fingerprint density at radius 1 is 1.40 bits per heavy atom. The summed E-state index contributed by atoms with van der Waals surface area (Å²) in [5.41, 5.74) is 1.58. The van der Waals surface area contributed by atoms with Crippen molar-refractivity contribution in [2.45, 2.75) is 0 Å². The highest BCUT2D eigenvalue weighted by molar-refractivity contribution is 6.12. The van der Waals surface area contributed by atoms with Crippen LogP contribution in [-0.4, -0.2) is 32.8 Å². The summed E-state index contributed by atoms with van der Waals surface area (Å²) in [6.07, 6.45) is 1.79. The zero-order valence-electron chi connectivity index (χ0n) is 11.0. The van der Waals surface area contributed by atoms with E-state index >= 15 is 0 Å². The molecule has 0 aliphatic rings. The number of carbonyl (C=O) groups is 1. The van der Waals surface area contributed by atoms with E-state index in [4.69, 9.17) is 4.74 Å². The molecule has 0 aliphatic heterocycles. The number of aromatic amines is 1. The maximum absolute atomic E-state index is 12.3. The molecule has 3 rings (SSSR count). The van der Waals surface area contributed by atoms with Gasteiger partial charge in [-0.2, -0.15) is 4.98 Å². The molecule has 2 aromatic heterocycles. The first-order valence-corrected chi connectivity index (χ1v) is 6.01. The topological polar surface area (TPSA) is 84.8 Å². The van der Waals surface area contributed by atoms with Crippen LogP contribution in [0.2, 0.25) is 0 Å². The van der Waals surface area contributed by atoms with Crippen LogP contribution in [0.3, 0.4) is 0 Å². The van der Waals surface area contributed by atoms with E-state index in [1.54, 1.807) is 6.20 Å². The number of para-hydroxylation sites is 1. The van der Waals surface area contributed by atoms with Crippen LogP contribution in [0, 0.1) is 0 Å². The average Bonchev–Trinajstić information content (AvgIpc) is 3.04. The van der Waals surface area contributed by atoms with Crippen molar-refractivity contribution in [3.63, 3.8) is 0 Å². The Morgan fingerprint density at radius 3 is 2.95 bits per heavy atom. The number of fused-ring (bicyclic) bond motifs is 1. The lowest BCUT2D eigenvalue weighted by Gasteiger charge is -1.99. The van der Waals surface area contributed by atoms with Gasteiger partial charge in [0.05, 0.1) is 12.7 Å². The third-order valence-electron chi connectivity index (χ3n) is 3.02. The fourth-order valence-corrected chi connectivity index (χ4v) is 2.09. The van der Waals surface area contributed by atoms with Crippen molar-refractivity contribution >= 4 is 22.8 Å². The first-order valence-electron chi connectivity index (χ1n) is 6.01. The van der Waals surface area contributed by atoms with Crippen LogP contribution in [0.1, 0.15) is 10.4 Å². The number of aryl methyl sites for hydroxylation is 1. The molecular weight excluding hydrogens is 258 g/mol. The zero-order chi connectivity index (χ0) is 14.1. The fraction of sp³-hybridized carbons (Fsp3) is 0.154. The predicted octanol–water partition coefficient (Wildman–Crippen LogP) is 1.56. The molecule has 102 valence electrons. The maximum atomic E-state index is 12.3. The van der Waals surface area contributed by atoms with Gasteiger partial charge in [-0.15, -0.1) is 5.10 Å². The van der Waals surface area contributed by atoms with E-state index in [2.05, 4.69) is 20.5 Å². The number of anilines is 1. The third-order valence-corrected chi connectivity index (χ3v) is 3.02. The second kappa shape index (κ2) is 4.69. The zero-order valence-corrected chi connectivity index (χ0v) is 11.0. The number of aromatic nitrogens is 4. The average molecular weight is 271 g/mol. The molecule has 0 fully saturated rings. The van der Waals surface area contributed by atoms with Crippen molar-refractivity contribution < 1.29 is 9.53 Å². The Bertz CT molecular complexity index is 774. The SMILES string of the molecule is COc1n[nH]c(NC(=O)c2cn(C)c3ccccc23)n1. The van der Waals surface area contributed by atoms with E-state index in [1.165, 1.54) is 7.11 Å².